The summed E-state index contributed by atoms with van der Waals surface area (Å²) >= 11 is 5.91. The van der Waals surface area contributed by atoms with E-state index in [1.807, 2.05) is 6.07 Å². The predicted molar refractivity (Wildman–Crippen MR) is 117 cm³/mol. The summed E-state index contributed by atoms with van der Waals surface area (Å²) < 4.78 is 5.97. The first-order valence-corrected chi connectivity index (χ1v) is 10.2. The van der Waals surface area contributed by atoms with Crippen molar-refractivity contribution in [2.75, 3.05) is 25.0 Å². The van der Waals surface area contributed by atoms with Crippen LogP contribution in [0.5, 0.6) is 5.75 Å². The molecule has 1 aliphatic rings. The minimum atomic E-state index is -0.519. The highest BCUT2D eigenvalue weighted by Gasteiger charge is 2.27. The second kappa shape index (κ2) is 9.60. The maximum absolute atomic E-state index is 11.6. The molecular formula is C22H19ClN6O3. The monoisotopic (exact) mass is 450 g/mol. The molecule has 162 valence electrons. The highest BCUT2D eigenvalue weighted by atomic mass is 35.5. The lowest BCUT2D eigenvalue weighted by Gasteiger charge is -2.17. The molecule has 1 atom stereocenters. The highest BCUT2D eigenvalue weighted by molar-refractivity contribution is 6.29. The zero-order chi connectivity index (χ0) is 22.5. The summed E-state index contributed by atoms with van der Waals surface area (Å²) in [6, 6.07) is 12.6. The van der Waals surface area contributed by atoms with E-state index in [9.17, 15) is 10.1 Å². The van der Waals surface area contributed by atoms with Crippen molar-refractivity contribution in [3.63, 3.8) is 0 Å². The summed E-state index contributed by atoms with van der Waals surface area (Å²) in [6.45, 7) is 0.379. The number of nitrogens with one attached hydrogen (secondary N) is 1. The lowest BCUT2D eigenvalue weighted by Crippen LogP contribution is -2.32. The van der Waals surface area contributed by atoms with Crippen molar-refractivity contribution in [2.45, 2.75) is 12.5 Å². The third kappa shape index (κ3) is 4.94. The smallest absolute Gasteiger partial charge is 0.248 e. The molecule has 1 amide bonds. The molecule has 1 aromatic carbocycles. The molecule has 2 aromatic heterocycles. The van der Waals surface area contributed by atoms with Crippen LogP contribution >= 0.6 is 11.6 Å². The number of rotatable bonds is 6. The Labute approximate surface area is 189 Å². The molecule has 10 heteroatoms. The van der Waals surface area contributed by atoms with E-state index < -0.39 is 6.61 Å². The summed E-state index contributed by atoms with van der Waals surface area (Å²) in [5.41, 5.74) is 2.43. The molecule has 32 heavy (non-hydrogen) atoms. The van der Waals surface area contributed by atoms with Crippen LogP contribution in [-0.2, 0) is 4.79 Å². The van der Waals surface area contributed by atoms with E-state index in [1.54, 1.807) is 47.6 Å². The number of nitrogens with zero attached hydrogens (tertiary/aromatic N) is 5. The number of carbonyl (C=O) groups is 1. The lowest BCUT2D eigenvalue weighted by molar-refractivity contribution is -0.133. The van der Waals surface area contributed by atoms with Gasteiger partial charge in [0.05, 0.1) is 17.8 Å². The molecule has 1 saturated heterocycles. The van der Waals surface area contributed by atoms with Crippen LogP contribution in [-0.4, -0.2) is 56.7 Å². The van der Waals surface area contributed by atoms with Crippen molar-refractivity contribution in [1.82, 2.24) is 19.9 Å². The van der Waals surface area contributed by atoms with E-state index in [2.05, 4.69) is 26.3 Å². The van der Waals surface area contributed by atoms with Crippen LogP contribution in [0.3, 0.4) is 0 Å². The van der Waals surface area contributed by atoms with Crippen molar-refractivity contribution in [1.29, 1.82) is 5.26 Å². The zero-order valence-electron chi connectivity index (χ0n) is 16.9. The van der Waals surface area contributed by atoms with Gasteiger partial charge in [0.2, 0.25) is 11.9 Å². The highest BCUT2D eigenvalue weighted by Crippen LogP contribution is 2.28. The van der Waals surface area contributed by atoms with Crippen molar-refractivity contribution in [3.8, 4) is 23.1 Å². The number of aliphatic hydroxyl groups excluding tert-OH is 1. The lowest BCUT2D eigenvalue weighted by atomic mass is 10.1. The molecule has 0 bridgehead atoms. The van der Waals surface area contributed by atoms with Gasteiger partial charge in [-0.3, -0.25) is 4.79 Å². The van der Waals surface area contributed by atoms with E-state index in [4.69, 9.17) is 21.4 Å². The molecule has 1 aliphatic heterocycles. The van der Waals surface area contributed by atoms with Gasteiger partial charge in [0.15, 0.2) is 0 Å². The molecule has 2 N–H and O–H groups in total. The average Bonchev–Trinajstić information content (AvgIpc) is 3.27. The predicted octanol–water partition coefficient (Wildman–Crippen LogP) is 2.78. The summed E-state index contributed by atoms with van der Waals surface area (Å²) in [6.07, 6.45) is 3.61. The number of carbonyl (C=O) groups excluding carboxylic acids is 1. The number of aromatic nitrogens is 3. The van der Waals surface area contributed by atoms with Gasteiger partial charge in [0.1, 0.15) is 29.7 Å². The van der Waals surface area contributed by atoms with Gasteiger partial charge in [-0.2, -0.15) is 5.26 Å². The van der Waals surface area contributed by atoms with Crippen LogP contribution in [0.15, 0.2) is 48.8 Å². The van der Waals surface area contributed by atoms with Crippen LogP contribution in [0.1, 0.15) is 12.0 Å². The third-order valence-corrected chi connectivity index (χ3v) is 5.17. The SMILES string of the molecule is N#Cc1cc(-c2ccnc(Nc3ccnc(Cl)c3)n2)ccc1O[C@@H]1CCN(C(=O)CO)C1. The Bertz CT molecular complexity index is 1180. The summed E-state index contributed by atoms with van der Waals surface area (Å²) in [5.74, 6) is 0.496. The first-order chi connectivity index (χ1) is 15.6. The second-order valence-electron chi connectivity index (χ2n) is 7.11. The van der Waals surface area contributed by atoms with Gasteiger partial charge in [0, 0.05) is 36.6 Å². The number of anilines is 2. The van der Waals surface area contributed by atoms with Crippen LogP contribution < -0.4 is 10.1 Å². The maximum Gasteiger partial charge on any atom is 0.248 e. The van der Waals surface area contributed by atoms with Crippen LogP contribution in [0.2, 0.25) is 5.15 Å². The molecule has 0 unspecified atom stereocenters. The Balaban J connectivity index is 1.51. The Morgan fingerprint density at radius 3 is 2.91 bits per heavy atom. The number of pyridine rings is 1. The number of nitriles is 1. The molecular weight excluding hydrogens is 432 g/mol. The number of likely N-dealkylation sites (tertiary alicyclic amines) is 1. The van der Waals surface area contributed by atoms with Crippen molar-refractivity contribution >= 4 is 29.1 Å². The van der Waals surface area contributed by atoms with E-state index in [0.717, 1.165) is 5.56 Å². The fraction of sp³-hybridized carbons (Fsp3) is 0.227. The normalized spacial score (nSPS) is 15.3. The number of hydrogen-bond acceptors (Lipinski definition) is 8. The molecule has 9 nitrogen and oxygen atoms in total. The van der Waals surface area contributed by atoms with Gasteiger partial charge < -0.3 is 20.1 Å². The number of hydrogen-bond donors (Lipinski definition) is 2. The van der Waals surface area contributed by atoms with E-state index in [-0.39, 0.29) is 12.0 Å². The molecule has 3 aromatic rings. The van der Waals surface area contributed by atoms with Crippen LogP contribution in [0, 0.1) is 11.3 Å². The van der Waals surface area contributed by atoms with Crippen molar-refractivity contribution < 1.29 is 14.6 Å². The number of halogens is 1. The third-order valence-electron chi connectivity index (χ3n) is 4.96. The average molecular weight is 451 g/mol. The Kier molecular flexibility index (Phi) is 6.44. The second-order valence-corrected chi connectivity index (χ2v) is 7.49. The quantitative estimate of drug-likeness (QED) is 0.549. The number of aliphatic hydroxyl groups is 1. The van der Waals surface area contributed by atoms with Gasteiger partial charge in [-0.25, -0.2) is 15.0 Å². The van der Waals surface area contributed by atoms with E-state index in [0.29, 0.717) is 53.3 Å². The van der Waals surface area contributed by atoms with Gasteiger partial charge in [-0.15, -0.1) is 0 Å². The standard InChI is InChI=1S/C22H19ClN6O3/c23-20-10-16(3-6-25-20)27-22-26-7-4-18(28-22)14-1-2-19(15(9-14)11-24)32-17-5-8-29(12-17)21(31)13-30/h1-4,6-7,9-10,17,30H,5,8,12-13H2,(H,25,26,27,28)/t17-/m1/s1. The topological polar surface area (TPSA) is 124 Å². The summed E-state index contributed by atoms with van der Waals surface area (Å²) in [7, 11) is 0. The van der Waals surface area contributed by atoms with Crippen molar-refractivity contribution in [2.24, 2.45) is 0 Å². The fourth-order valence-electron chi connectivity index (χ4n) is 3.40. The molecule has 3 heterocycles. The first kappa shape index (κ1) is 21.5. The number of benzene rings is 1. The van der Waals surface area contributed by atoms with E-state index in [1.165, 1.54) is 0 Å². The van der Waals surface area contributed by atoms with Crippen molar-refractivity contribution in [3.05, 3.63) is 59.5 Å². The largest absolute Gasteiger partial charge is 0.487 e. The van der Waals surface area contributed by atoms with Gasteiger partial charge in [0.25, 0.3) is 0 Å². The Morgan fingerprint density at radius 1 is 1.28 bits per heavy atom. The molecule has 0 saturated carbocycles. The minimum Gasteiger partial charge on any atom is -0.487 e. The number of ether oxygens (including phenoxy) is 1. The molecule has 4 rings (SSSR count). The van der Waals surface area contributed by atoms with Crippen LogP contribution in [0.4, 0.5) is 11.6 Å². The molecule has 0 aliphatic carbocycles. The van der Waals surface area contributed by atoms with Gasteiger partial charge in [-0.1, -0.05) is 11.6 Å². The molecule has 1 fully saturated rings. The summed E-state index contributed by atoms with van der Waals surface area (Å²) in [4.78, 5) is 25.9. The molecule has 0 radical (unpaired) electrons. The minimum absolute atomic E-state index is 0.231. The molecule has 0 spiro atoms. The van der Waals surface area contributed by atoms with E-state index >= 15 is 0 Å². The van der Waals surface area contributed by atoms with Gasteiger partial charge >= 0.3 is 0 Å². The first-order valence-electron chi connectivity index (χ1n) is 9.87. The fourth-order valence-corrected chi connectivity index (χ4v) is 3.57. The number of amides is 1. The maximum atomic E-state index is 11.6. The van der Waals surface area contributed by atoms with Gasteiger partial charge in [-0.05, 0) is 36.4 Å². The zero-order valence-corrected chi connectivity index (χ0v) is 17.7. The Morgan fingerprint density at radius 2 is 2.12 bits per heavy atom. The summed E-state index contributed by atoms with van der Waals surface area (Å²) in [5, 5.41) is 22.1. The van der Waals surface area contributed by atoms with Crippen LogP contribution in [0.25, 0.3) is 11.3 Å². The Hall–Kier alpha value is -3.74.